The van der Waals surface area contributed by atoms with Crippen molar-refractivity contribution in [3.63, 3.8) is 0 Å². The van der Waals surface area contributed by atoms with Crippen molar-refractivity contribution in [1.29, 1.82) is 0 Å². The van der Waals surface area contributed by atoms with E-state index in [2.05, 4.69) is 15.4 Å². The third-order valence-corrected chi connectivity index (χ3v) is 3.11. The van der Waals surface area contributed by atoms with Crippen molar-refractivity contribution >= 4 is 34.7 Å². The van der Waals surface area contributed by atoms with Crippen molar-refractivity contribution in [2.24, 2.45) is 4.99 Å². The summed E-state index contributed by atoms with van der Waals surface area (Å²) in [6.07, 6.45) is 3.23. The Kier molecular flexibility index (Phi) is 3.35. The van der Waals surface area contributed by atoms with Crippen molar-refractivity contribution in [1.82, 2.24) is 10.4 Å². The highest BCUT2D eigenvalue weighted by atomic mass is 35.5. The number of carbonyl (C=O) groups excluding carboxylic acids is 1. The maximum absolute atomic E-state index is 12.0. The molecule has 1 aromatic heterocycles. The van der Waals surface area contributed by atoms with Crippen LogP contribution < -0.4 is 10.4 Å². The first-order chi connectivity index (χ1) is 9.79. The molecule has 1 amide bonds. The van der Waals surface area contributed by atoms with E-state index in [0.717, 1.165) is 5.56 Å². The molecule has 0 saturated heterocycles. The van der Waals surface area contributed by atoms with E-state index in [1.54, 1.807) is 18.5 Å². The third kappa shape index (κ3) is 2.23. The van der Waals surface area contributed by atoms with Crippen molar-refractivity contribution in [3.8, 4) is 0 Å². The zero-order chi connectivity index (χ0) is 13.9. The van der Waals surface area contributed by atoms with Gasteiger partial charge in [-0.05, 0) is 6.07 Å². The van der Waals surface area contributed by atoms with Crippen LogP contribution in [0.5, 0.6) is 0 Å². The zero-order valence-electron chi connectivity index (χ0n) is 10.5. The molecule has 0 radical (unpaired) electrons. The molecule has 0 unspecified atom stereocenters. The molecule has 1 aromatic carbocycles. The third-order valence-electron chi connectivity index (χ3n) is 2.88. The summed E-state index contributed by atoms with van der Waals surface area (Å²) in [6.45, 7) is 0. The van der Waals surface area contributed by atoms with Crippen molar-refractivity contribution in [2.75, 3.05) is 10.9 Å². The molecule has 2 aromatic rings. The van der Waals surface area contributed by atoms with Crippen LogP contribution in [0.2, 0.25) is 0 Å². The van der Waals surface area contributed by atoms with Crippen LogP contribution in [-0.4, -0.2) is 22.6 Å². The lowest BCUT2D eigenvalue weighted by atomic mass is 10.2. The van der Waals surface area contributed by atoms with Gasteiger partial charge in [0.15, 0.2) is 5.84 Å². The number of aromatic nitrogens is 1. The minimum absolute atomic E-state index is 0.114. The van der Waals surface area contributed by atoms with Gasteiger partial charge >= 0.3 is 0 Å². The fourth-order valence-corrected chi connectivity index (χ4v) is 2.07. The number of aliphatic imine (C=N–C) groups is 1. The second-order valence-electron chi connectivity index (χ2n) is 4.17. The van der Waals surface area contributed by atoms with E-state index in [0.29, 0.717) is 17.2 Å². The highest BCUT2D eigenvalue weighted by molar-refractivity contribution is 6.30. The maximum atomic E-state index is 12.0. The second kappa shape index (κ2) is 5.30. The monoisotopic (exact) mass is 286 g/mol. The van der Waals surface area contributed by atoms with Crippen LogP contribution >= 0.6 is 11.6 Å². The maximum Gasteiger partial charge on any atom is 0.260 e. The fraction of sp³-hybridized carbons (Fsp3) is 0.0714. The van der Waals surface area contributed by atoms with Crippen LogP contribution in [0.15, 0.2) is 53.8 Å². The predicted molar refractivity (Wildman–Crippen MR) is 78.2 cm³/mol. The Labute approximate surface area is 120 Å². The smallest absolute Gasteiger partial charge is 0.260 e. The molecule has 0 fully saturated rings. The Morgan fingerprint density at radius 3 is 2.80 bits per heavy atom. The SMILES string of the molecule is O=C(CCl)N1NC(c2ccccc2)=Nc2cnccc21. The molecule has 0 bridgehead atoms. The van der Waals surface area contributed by atoms with Crippen LogP contribution in [0, 0.1) is 0 Å². The number of pyridine rings is 1. The van der Waals surface area contributed by atoms with Crippen LogP contribution in [0.25, 0.3) is 0 Å². The van der Waals surface area contributed by atoms with Gasteiger partial charge in [0.05, 0.1) is 11.9 Å². The Bertz CT molecular complexity index is 672. The van der Waals surface area contributed by atoms with Gasteiger partial charge in [0.2, 0.25) is 0 Å². The van der Waals surface area contributed by atoms with E-state index in [1.165, 1.54) is 5.01 Å². The standard InChI is InChI=1S/C14H11ClN4O/c15-8-13(20)19-12-6-7-16-9-11(12)17-14(18-19)10-4-2-1-3-5-10/h1-7,9H,8H2,(H,17,18). The van der Waals surface area contributed by atoms with E-state index in [1.807, 2.05) is 30.3 Å². The number of nitrogens with zero attached hydrogens (tertiary/aromatic N) is 3. The Morgan fingerprint density at radius 2 is 2.05 bits per heavy atom. The number of amidine groups is 1. The number of nitrogens with one attached hydrogen (secondary N) is 1. The lowest BCUT2D eigenvalue weighted by Gasteiger charge is -2.29. The van der Waals surface area contributed by atoms with E-state index in [4.69, 9.17) is 11.6 Å². The van der Waals surface area contributed by atoms with E-state index in [-0.39, 0.29) is 11.8 Å². The molecule has 1 aliphatic heterocycles. The molecular formula is C14H11ClN4O. The van der Waals surface area contributed by atoms with Crippen LogP contribution in [0.4, 0.5) is 11.4 Å². The van der Waals surface area contributed by atoms with Crippen molar-refractivity contribution in [2.45, 2.75) is 0 Å². The molecule has 0 aliphatic carbocycles. The first-order valence-electron chi connectivity index (χ1n) is 6.03. The Hall–Kier alpha value is -2.40. The number of alkyl halides is 1. The number of benzene rings is 1. The highest BCUT2D eigenvalue weighted by Gasteiger charge is 2.24. The Balaban J connectivity index is 2.08. The first kappa shape index (κ1) is 12.6. The second-order valence-corrected chi connectivity index (χ2v) is 4.43. The zero-order valence-corrected chi connectivity index (χ0v) is 11.2. The van der Waals surface area contributed by atoms with Crippen molar-refractivity contribution in [3.05, 3.63) is 54.4 Å². The number of halogens is 1. The number of rotatable bonds is 2. The predicted octanol–water partition coefficient (Wildman–Crippen LogP) is 2.25. The fourth-order valence-electron chi connectivity index (χ4n) is 1.95. The molecule has 0 saturated carbocycles. The molecule has 0 spiro atoms. The average molecular weight is 287 g/mol. The van der Waals surface area contributed by atoms with Gasteiger partial charge in [-0.1, -0.05) is 30.3 Å². The van der Waals surface area contributed by atoms with Gasteiger partial charge in [-0.15, -0.1) is 11.6 Å². The molecule has 20 heavy (non-hydrogen) atoms. The summed E-state index contributed by atoms with van der Waals surface area (Å²) in [4.78, 5) is 20.5. The van der Waals surface area contributed by atoms with Crippen molar-refractivity contribution < 1.29 is 4.79 Å². The van der Waals surface area contributed by atoms with E-state index in [9.17, 15) is 4.79 Å². The number of amides is 1. The number of fused-ring (bicyclic) bond motifs is 1. The molecule has 2 heterocycles. The molecule has 100 valence electrons. The van der Waals surface area contributed by atoms with Gasteiger partial charge < -0.3 is 0 Å². The number of hydrogen-bond donors (Lipinski definition) is 1. The van der Waals surface area contributed by atoms with Crippen LogP contribution in [0.1, 0.15) is 5.56 Å². The summed E-state index contributed by atoms with van der Waals surface area (Å²) in [7, 11) is 0. The molecule has 5 nitrogen and oxygen atoms in total. The quantitative estimate of drug-likeness (QED) is 0.862. The minimum Gasteiger partial charge on any atom is -0.274 e. The topological polar surface area (TPSA) is 57.6 Å². The lowest BCUT2D eigenvalue weighted by Crippen LogP contribution is -2.49. The van der Waals surface area contributed by atoms with Gasteiger partial charge in [0.1, 0.15) is 11.6 Å². The van der Waals surface area contributed by atoms with Crippen LogP contribution in [-0.2, 0) is 4.79 Å². The molecule has 6 heteroatoms. The molecule has 0 atom stereocenters. The lowest BCUT2D eigenvalue weighted by molar-refractivity contribution is -0.116. The Morgan fingerprint density at radius 1 is 1.25 bits per heavy atom. The minimum atomic E-state index is -0.248. The largest absolute Gasteiger partial charge is 0.274 e. The van der Waals surface area contributed by atoms with Gasteiger partial charge in [-0.2, -0.15) is 0 Å². The van der Waals surface area contributed by atoms with Crippen LogP contribution in [0.3, 0.4) is 0 Å². The number of carbonyl (C=O) groups is 1. The summed E-state index contributed by atoms with van der Waals surface area (Å²) >= 11 is 5.66. The normalized spacial score (nSPS) is 13.2. The van der Waals surface area contributed by atoms with Gasteiger partial charge in [-0.25, -0.2) is 10.0 Å². The average Bonchev–Trinajstić information content (AvgIpc) is 2.54. The van der Waals surface area contributed by atoms with Gasteiger partial charge in [0, 0.05) is 11.8 Å². The molecule has 3 rings (SSSR count). The molecule has 1 N–H and O–H groups in total. The first-order valence-corrected chi connectivity index (χ1v) is 6.57. The molecule has 1 aliphatic rings. The summed E-state index contributed by atoms with van der Waals surface area (Å²) < 4.78 is 0. The summed E-state index contributed by atoms with van der Waals surface area (Å²) in [5.41, 5.74) is 5.15. The molecular weight excluding hydrogens is 276 g/mol. The summed E-state index contributed by atoms with van der Waals surface area (Å²) in [6, 6.07) is 11.3. The van der Waals surface area contributed by atoms with E-state index >= 15 is 0 Å². The summed E-state index contributed by atoms with van der Waals surface area (Å²) in [5, 5.41) is 1.40. The number of hydrazine groups is 1. The highest BCUT2D eigenvalue weighted by Crippen LogP contribution is 2.30. The number of hydrogen-bond acceptors (Lipinski definition) is 4. The number of anilines is 1. The van der Waals surface area contributed by atoms with Gasteiger partial charge in [0.25, 0.3) is 5.91 Å². The van der Waals surface area contributed by atoms with E-state index < -0.39 is 0 Å². The van der Waals surface area contributed by atoms with Gasteiger partial charge in [-0.3, -0.25) is 15.2 Å². The summed E-state index contributed by atoms with van der Waals surface area (Å²) in [5.74, 6) is 0.226.